The number of methoxy groups -OCH3 is 2. The lowest BCUT2D eigenvalue weighted by Gasteiger charge is -2.47. The number of hydrogen-bond donors (Lipinski definition) is 2. The Labute approximate surface area is 473 Å². The molecule has 0 saturated carbocycles. The number of phosphoric ester groups is 1. The van der Waals surface area contributed by atoms with Crippen LogP contribution < -0.4 is 11.1 Å². The number of hydrogen-bond acceptors (Lipinski definition) is 15. The number of rotatable bonds is 40. The number of Topliss-reactive ketones (excluding diaryl/α,β-unsaturated/α-hetero) is 1. The molecule has 0 spiro atoms. The van der Waals surface area contributed by atoms with Crippen LogP contribution in [0, 0.1) is 89.3 Å². The lowest BCUT2D eigenvalue weighted by atomic mass is 9.88. The average molecular weight is 1120 g/mol. The van der Waals surface area contributed by atoms with Crippen LogP contribution in [0.15, 0.2) is 37.6 Å². The van der Waals surface area contributed by atoms with E-state index in [9.17, 15) is 14.2 Å². The third-order valence-electron chi connectivity index (χ3n) is 12.6. The van der Waals surface area contributed by atoms with Gasteiger partial charge in [0.15, 0.2) is 12.1 Å². The molecule has 0 aliphatic carbocycles. The summed E-state index contributed by atoms with van der Waals surface area (Å²) < 4.78 is 82.0. The second-order valence-electron chi connectivity index (χ2n) is 18.8. The Bertz CT molecular complexity index is 2300. The fourth-order valence-corrected chi connectivity index (χ4v) is 9.83. The monoisotopic (exact) mass is 1110 g/mol. The normalized spacial score (nSPS) is 22.6. The summed E-state index contributed by atoms with van der Waals surface area (Å²) in [5.74, 6) is 30.8. The molecule has 2 heterocycles. The van der Waals surface area contributed by atoms with E-state index in [1.807, 2.05) is 6.92 Å². The predicted molar refractivity (Wildman–Crippen MR) is 306 cm³/mol. The number of nitrogens with two attached hydrogens (primary N) is 1. The number of terminal acetylenes is 1. The minimum atomic E-state index is -4.29. The van der Waals surface area contributed by atoms with Gasteiger partial charge in [-0.25, -0.2) is 4.57 Å². The molecule has 1 amide bonds. The van der Waals surface area contributed by atoms with Crippen LogP contribution in [0.3, 0.4) is 0 Å². The average Bonchev–Trinajstić information content (AvgIpc) is 3.49. The van der Waals surface area contributed by atoms with E-state index in [4.69, 9.17) is 63.6 Å². The molecular formula is C62H87N2O14P. The van der Waals surface area contributed by atoms with Gasteiger partial charge in [0, 0.05) is 33.4 Å². The van der Waals surface area contributed by atoms with Crippen molar-refractivity contribution in [1.82, 2.24) is 5.32 Å². The molecule has 2 rings (SSSR count). The number of amides is 1. The Kier molecular flexibility index (Phi) is 39.5. The number of carbonyl (C=O) groups is 2. The van der Waals surface area contributed by atoms with Gasteiger partial charge in [-0.15, -0.1) is 19.6 Å². The highest BCUT2D eigenvalue weighted by molar-refractivity contribution is 7.48. The zero-order valence-electron chi connectivity index (χ0n) is 47.7. The molecule has 16 nitrogen and oxygen atoms in total. The fraction of sp³-hybridized carbons (Fsp3) is 0.645. The van der Waals surface area contributed by atoms with Gasteiger partial charge in [0.2, 0.25) is 12.2 Å². The highest BCUT2D eigenvalue weighted by atomic mass is 31.2. The third kappa shape index (κ3) is 29.8. The van der Waals surface area contributed by atoms with Crippen molar-refractivity contribution in [1.29, 1.82) is 0 Å². The highest BCUT2D eigenvalue weighted by Gasteiger charge is 2.51. The first kappa shape index (κ1) is 70.0. The quantitative estimate of drug-likeness (QED) is 0.0148. The molecule has 2 fully saturated rings. The second kappa shape index (κ2) is 44.6. The van der Waals surface area contributed by atoms with E-state index in [1.54, 1.807) is 20.1 Å². The minimum absolute atomic E-state index is 0.0397. The van der Waals surface area contributed by atoms with Crippen molar-refractivity contribution in [3.8, 4) is 83.4 Å². The molecule has 434 valence electrons. The topological polar surface area (TPSA) is 191 Å². The molecule has 2 aliphatic heterocycles. The van der Waals surface area contributed by atoms with Crippen LogP contribution in [0.25, 0.3) is 0 Å². The lowest BCUT2D eigenvalue weighted by molar-refractivity contribution is -0.294. The van der Waals surface area contributed by atoms with Crippen LogP contribution in [-0.2, 0) is 65.6 Å². The number of allylic oxidation sites excluding steroid dienone is 1. The van der Waals surface area contributed by atoms with Crippen LogP contribution >= 0.6 is 7.82 Å². The van der Waals surface area contributed by atoms with Gasteiger partial charge in [0.05, 0.1) is 69.9 Å². The molecule has 0 radical (unpaired) electrons. The number of nitrogens with one attached hydrogen (secondary N) is 1. The van der Waals surface area contributed by atoms with E-state index in [-0.39, 0.29) is 45.6 Å². The third-order valence-corrected chi connectivity index (χ3v) is 14.0. The summed E-state index contributed by atoms with van der Waals surface area (Å²) in [5.41, 5.74) is 7.04. The molecule has 11 atom stereocenters. The molecule has 0 aromatic rings. The first-order valence-electron chi connectivity index (χ1n) is 27.7. The van der Waals surface area contributed by atoms with Crippen molar-refractivity contribution in [2.75, 3.05) is 53.9 Å². The SMILES string of the molecule is C#CC#CC#CC#CC#CC#CC#CCC(=O)CC(=O)NC1[C@@H](O/C=C\C)O[C@H](CO[C@@H]2O[C@H](COC)[C@@H](OP(=O)(OCC=C)OCC=C)[C@H](OCC[C@@H](CCCCCCC)OC)[C@H]2N)[C@@H](C)[C@@H]1OCCCCCCCCCC. The summed E-state index contributed by atoms with van der Waals surface area (Å²) in [6.45, 7) is 15.7. The molecule has 0 aromatic carbocycles. The summed E-state index contributed by atoms with van der Waals surface area (Å²) in [4.78, 5) is 26.7. The van der Waals surface area contributed by atoms with Gasteiger partial charge in [-0.2, -0.15) is 0 Å². The Hall–Kier alpha value is -5.13. The summed E-state index contributed by atoms with van der Waals surface area (Å²) in [7, 11) is -1.10. The summed E-state index contributed by atoms with van der Waals surface area (Å²) in [6.07, 6.45) is 19.6. The maximum Gasteiger partial charge on any atom is 0.475 e. The zero-order valence-corrected chi connectivity index (χ0v) is 48.5. The second-order valence-corrected chi connectivity index (χ2v) is 20.4. The molecule has 3 N–H and O–H groups in total. The van der Waals surface area contributed by atoms with Crippen molar-refractivity contribution in [3.05, 3.63) is 37.6 Å². The van der Waals surface area contributed by atoms with Crippen molar-refractivity contribution >= 4 is 19.5 Å². The fourth-order valence-electron chi connectivity index (χ4n) is 8.51. The van der Waals surface area contributed by atoms with E-state index < -0.39 is 87.0 Å². The number of ketones is 1. The van der Waals surface area contributed by atoms with E-state index in [0.29, 0.717) is 13.0 Å². The van der Waals surface area contributed by atoms with Gasteiger partial charge in [-0.05, 0) is 97.2 Å². The maximum atomic E-state index is 14.1. The van der Waals surface area contributed by atoms with Crippen LogP contribution in [0.2, 0.25) is 0 Å². The Morgan fingerprint density at radius 1 is 0.709 bits per heavy atom. The summed E-state index contributed by atoms with van der Waals surface area (Å²) in [6, 6.07) is -1.86. The molecule has 0 aromatic heterocycles. The van der Waals surface area contributed by atoms with E-state index in [1.165, 1.54) is 64.0 Å². The summed E-state index contributed by atoms with van der Waals surface area (Å²) in [5, 5.41) is 2.98. The van der Waals surface area contributed by atoms with Crippen LogP contribution in [-0.4, -0.2) is 127 Å². The Morgan fingerprint density at radius 3 is 1.86 bits per heavy atom. The standard InChI is InChI=1S/C62H87N2O14P/c1-10-16-19-22-24-26-27-28-29-30-31-34-36-39-51(65)47-55(66)64-57-58(70-45-38-35-32-25-23-20-17-11-2)50(7)53(76-62(57)72-42-13-4)49-73-61-56(63)60(71-46-41-52(69-9)40-37-33-21-18-12-3)59(54(77-61)48-68-8)78-79(67,74-43-14-5)75-44-15-6/h1,13-15,42,50,52-54,56-62H,5-6,11-12,17-18,20-21,23,25,32-33,35,37-41,43-49,63H2,2-4,7-9H3,(H,64,66)/b42-13-/t50-,52-,53-,54-,56-,57?,58+,59-,60-,61-,62+/m1/s1. The molecule has 17 heteroatoms. The van der Waals surface area contributed by atoms with Gasteiger partial charge in [-0.1, -0.05) is 122 Å². The molecule has 2 aliphatic rings. The van der Waals surface area contributed by atoms with Crippen molar-refractivity contribution < 1.29 is 65.6 Å². The number of ether oxygens (including phenoxy) is 8. The number of unbranched alkanes of at least 4 members (excludes halogenated alkanes) is 11. The summed E-state index contributed by atoms with van der Waals surface area (Å²) >= 11 is 0. The van der Waals surface area contributed by atoms with Crippen molar-refractivity contribution in [3.63, 3.8) is 0 Å². The molecule has 79 heavy (non-hydrogen) atoms. The largest absolute Gasteiger partial charge is 0.475 e. The van der Waals surface area contributed by atoms with Gasteiger partial charge in [-0.3, -0.25) is 23.2 Å². The minimum Gasteiger partial charge on any atom is -0.471 e. The Morgan fingerprint density at radius 2 is 1.28 bits per heavy atom. The molecule has 0 bridgehead atoms. The van der Waals surface area contributed by atoms with Crippen LogP contribution in [0.1, 0.15) is 137 Å². The van der Waals surface area contributed by atoms with Crippen molar-refractivity contribution in [2.45, 2.75) is 198 Å². The van der Waals surface area contributed by atoms with E-state index in [2.05, 4.69) is 109 Å². The van der Waals surface area contributed by atoms with Gasteiger partial charge < -0.3 is 48.9 Å². The van der Waals surface area contributed by atoms with Gasteiger partial charge >= 0.3 is 7.82 Å². The van der Waals surface area contributed by atoms with Crippen LogP contribution in [0.4, 0.5) is 0 Å². The smallest absolute Gasteiger partial charge is 0.471 e. The number of carbonyl (C=O) groups excluding carboxylic acids is 2. The van der Waals surface area contributed by atoms with E-state index >= 15 is 0 Å². The maximum absolute atomic E-state index is 14.1. The zero-order chi connectivity index (χ0) is 57.8. The van der Waals surface area contributed by atoms with Gasteiger partial charge in [0.1, 0.15) is 24.4 Å². The first-order valence-corrected chi connectivity index (χ1v) is 29.2. The first-order chi connectivity index (χ1) is 38.5. The number of phosphoric acid groups is 1. The molecule has 1 unspecified atom stereocenters. The molecular weight excluding hydrogens is 1030 g/mol. The van der Waals surface area contributed by atoms with Crippen LogP contribution in [0.5, 0.6) is 0 Å². The predicted octanol–water partition coefficient (Wildman–Crippen LogP) is 8.68. The Balaban J connectivity index is 2.41. The van der Waals surface area contributed by atoms with E-state index in [0.717, 1.165) is 51.4 Å². The highest BCUT2D eigenvalue weighted by Crippen LogP contribution is 2.52. The lowest BCUT2D eigenvalue weighted by Crippen LogP contribution is -2.65. The van der Waals surface area contributed by atoms with Crippen molar-refractivity contribution in [2.24, 2.45) is 11.7 Å². The molecule has 2 saturated heterocycles. The van der Waals surface area contributed by atoms with Gasteiger partial charge in [0.25, 0.3) is 0 Å².